The van der Waals surface area contributed by atoms with E-state index in [0.717, 1.165) is 0 Å². The fourth-order valence-electron chi connectivity index (χ4n) is 1.40. The summed E-state index contributed by atoms with van der Waals surface area (Å²) >= 11 is 0. The number of rotatable bonds is 8. The van der Waals surface area contributed by atoms with Crippen molar-refractivity contribution in [3.63, 3.8) is 0 Å². The number of sulfonamides is 1. The molecule has 0 fully saturated rings. The van der Waals surface area contributed by atoms with Crippen molar-refractivity contribution in [3.8, 4) is 5.75 Å². The van der Waals surface area contributed by atoms with Gasteiger partial charge in [-0.15, -0.1) is 12.4 Å². The Hall–Kier alpha value is -0.820. The smallest absolute Gasteiger partial charge is 0.240 e. The molecule has 1 unspecified atom stereocenters. The van der Waals surface area contributed by atoms with Gasteiger partial charge < -0.3 is 10.1 Å². The summed E-state index contributed by atoms with van der Waals surface area (Å²) in [7, 11) is -1.67. The third-order valence-corrected chi connectivity index (χ3v) is 4.23. The third kappa shape index (κ3) is 7.13. The molecule has 5 nitrogen and oxygen atoms in total. The molecule has 7 heteroatoms. The Morgan fingerprint density at radius 3 is 2.19 bits per heavy atom. The maximum atomic E-state index is 12.1. The fraction of sp³-hybridized carbons (Fsp3) is 0.571. The topological polar surface area (TPSA) is 67.4 Å². The van der Waals surface area contributed by atoms with Gasteiger partial charge in [0.1, 0.15) is 5.75 Å². The Labute approximate surface area is 133 Å². The lowest BCUT2D eigenvalue weighted by Crippen LogP contribution is -2.37. The summed E-state index contributed by atoms with van der Waals surface area (Å²) in [6, 6.07) is 6.56. The molecule has 2 N–H and O–H groups in total. The minimum Gasteiger partial charge on any atom is -0.493 e. The molecule has 0 bridgehead atoms. The van der Waals surface area contributed by atoms with E-state index in [1.807, 2.05) is 6.92 Å². The van der Waals surface area contributed by atoms with E-state index < -0.39 is 10.0 Å². The van der Waals surface area contributed by atoms with Gasteiger partial charge in [0.25, 0.3) is 0 Å². The first-order valence-corrected chi connectivity index (χ1v) is 8.23. The summed E-state index contributed by atoms with van der Waals surface area (Å²) in [5.41, 5.74) is 0. The highest BCUT2D eigenvalue weighted by molar-refractivity contribution is 7.89. The van der Waals surface area contributed by atoms with Gasteiger partial charge >= 0.3 is 0 Å². The number of hydrogen-bond acceptors (Lipinski definition) is 4. The highest BCUT2D eigenvalue weighted by Gasteiger charge is 2.14. The predicted octanol–water partition coefficient (Wildman–Crippen LogP) is 2.03. The summed E-state index contributed by atoms with van der Waals surface area (Å²) in [6.45, 7) is 7.00. The Balaban J connectivity index is 0.00000400. The summed E-state index contributed by atoms with van der Waals surface area (Å²) in [5, 5.41) is 2.98. The first kappa shape index (κ1) is 20.2. The molecule has 122 valence electrons. The molecule has 0 amide bonds. The molecule has 1 atom stereocenters. The maximum absolute atomic E-state index is 12.1. The maximum Gasteiger partial charge on any atom is 0.240 e. The Bertz CT molecular complexity index is 503. The molecule has 0 aliphatic heterocycles. The molecule has 0 aliphatic carbocycles. The Kier molecular flexibility index (Phi) is 8.89. The van der Waals surface area contributed by atoms with Crippen LogP contribution in [0.1, 0.15) is 20.8 Å². The molecule has 21 heavy (non-hydrogen) atoms. The Morgan fingerprint density at radius 2 is 1.71 bits per heavy atom. The van der Waals surface area contributed by atoms with Gasteiger partial charge in [-0.1, -0.05) is 13.8 Å². The zero-order chi connectivity index (χ0) is 15.2. The van der Waals surface area contributed by atoms with Crippen molar-refractivity contribution >= 4 is 22.4 Å². The van der Waals surface area contributed by atoms with E-state index in [1.54, 1.807) is 31.3 Å². The van der Waals surface area contributed by atoms with Crippen LogP contribution in [0, 0.1) is 5.92 Å². The molecule has 1 rings (SSSR count). The van der Waals surface area contributed by atoms with Gasteiger partial charge in [0.15, 0.2) is 0 Å². The van der Waals surface area contributed by atoms with Crippen LogP contribution in [0.2, 0.25) is 0 Å². The van der Waals surface area contributed by atoms with Crippen LogP contribution in [0.25, 0.3) is 0 Å². The van der Waals surface area contributed by atoms with E-state index in [2.05, 4.69) is 23.9 Å². The van der Waals surface area contributed by atoms with Crippen LogP contribution >= 0.6 is 12.4 Å². The molecule has 0 saturated heterocycles. The van der Waals surface area contributed by atoms with Crippen molar-refractivity contribution in [2.75, 3.05) is 20.2 Å². The largest absolute Gasteiger partial charge is 0.493 e. The molecular formula is C14H25ClN2O3S. The SMILES string of the molecule is CNC(C)CNS(=O)(=O)c1ccc(OCC(C)C)cc1.Cl. The van der Waals surface area contributed by atoms with Gasteiger partial charge in [-0.3, -0.25) is 0 Å². The van der Waals surface area contributed by atoms with Crippen LogP contribution in [0.5, 0.6) is 5.75 Å². The molecule has 0 aromatic heterocycles. The van der Waals surface area contributed by atoms with Crippen molar-refractivity contribution in [3.05, 3.63) is 24.3 Å². The van der Waals surface area contributed by atoms with Gasteiger partial charge in [-0.05, 0) is 44.2 Å². The molecule has 0 heterocycles. The van der Waals surface area contributed by atoms with Crippen LogP contribution in [0.15, 0.2) is 29.2 Å². The molecular weight excluding hydrogens is 312 g/mol. The van der Waals surface area contributed by atoms with Gasteiger partial charge in [0, 0.05) is 12.6 Å². The lowest BCUT2D eigenvalue weighted by atomic mass is 10.2. The van der Waals surface area contributed by atoms with Crippen LogP contribution in [0.3, 0.4) is 0 Å². The van der Waals surface area contributed by atoms with Gasteiger partial charge in [0.05, 0.1) is 11.5 Å². The lowest BCUT2D eigenvalue weighted by Gasteiger charge is -2.12. The van der Waals surface area contributed by atoms with Crippen LogP contribution in [-0.2, 0) is 10.0 Å². The van der Waals surface area contributed by atoms with E-state index in [9.17, 15) is 8.42 Å². The number of benzene rings is 1. The van der Waals surface area contributed by atoms with E-state index in [-0.39, 0.29) is 23.3 Å². The number of nitrogens with one attached hydrogen (secondary N) is 2. The highest BCUT2D eigenvalue weighted by Crippen LogP contribution is 2.16. The van der Waals surface area contributed by atoms with Crippen molar-refractivity contribution < 1.29 is 13.2 Å². The minimum atomic E-state index is -3.46. The third-order valence-electron chi connectivity index (χ3n) is 2.79. The van der Waals surface area contributed by atoms with Crippen LogP contribution in [-0.4, -0.2) is 34.7 Å². The summed E-state index contributed by atoms with van der Waals surface area (Å²) in [6.07, 6.45) is 0. The monoisotopic (exact) mass is 336 g/mol. The van der Waals surface area contributed by atoms with Gasteiger partial charge in [0.2, 0.25) is 10.0 Å². The van der Waals surface area contributed by atoms with E-state index >= 15 is 0 Å². The molecule has 0 saturated carbocycles. The zero-order valence-electron chi connectivity index (χ0n) is 12.9. The zero-order valence-corrected chi connectivity index (χ0v) is 14.6. The average molecular weight is 337 g/mol. The molecule has 0 spiro atoms. The number of ether oxygens (including phenoxy) is 1. The normalized spacial score (nSPS) is 12.8. The lowest BCUT2D eigenvalue weighted by molar-refractivity contribution is 0.271. The van der Waals surface area contributed by atoms with Gasteiger partial charge in [-0.25, -0.2) is 13.1 Å². The number of hydrogen-bond donors (Lipinski definition) is 2. The number of likely N-dealkylation sites (N-methyl/N-ethyl adjacent to an activating group) is 1. The van der Waals surface area contributed by atoms with Crippen molar-refractivity contribution in [1.29, 1.82) is 0 Å². The highest BCUT2D eigenvalue weighted by atomic mass is 35.5. The molecule has 0 aliphatic rings. The van der Waals surface area contributed by atoms with Crippen molar-refractivity contribution in [2.45, 2.75) is 31.7 Å². The van der Waals surface area contributed by atoms with Crippen molar-refractivity contribution in [2.24, 2.45) is 5.92 Å². The summed E-state index contributed by atoms with van der Waals surface area (Å²) in [4.78, 5) is 0.248. The summed E-state index contributed by atoms with van der Waals surface area (Å²) < 4.78 is 32.2. The van der Waals surface area contributed by atoms with Crippen LogP contribution < -0.4 is 14.8 Å². The standard InChI is InChI=1S/C14H24N2O3S.ClH/c1-11(2)10-19-13-5-7-14(8-6-13)20(17,18)16-9-12(3)15-4;/h5-8,11-12,15-16H,9-10H2,1-4H3;1H. The van der Waals surface area contributed by atoms with Crippen LogP contribution in [0.4, 0.5) is 0 Å². The van der Waals surface area contributed by atoms with Crippen molar-refractivity contribution in [1.82, 2.24) is 10.0 Å². The first-order chi connectivity index (χ1) is 9.35. The molecule has 0 radical (unpaired) electrons. The number of halogens is 1. The van der Waals surface area contributed by atoms with E-state index in [4.69, 9.17) is 4.74 Å². The second kappa shape index (κ2) is 9.25. The molecule has 1 aromatic rings. The van der Waals surface area contributed by atoms with Gasteiger partial charge in [-0.2, -0.15) is 0 Å². The summed E-state index contributed by atoms with van der Waals surface area (Å²) in [5.74, 6) is 1.12. The quantitative estimate of drug-likeness (QED) is 0.762. The van der Waals surface area contributed by atoms with E-state index in [1.165, 1.54) is 0 Å². The second-order valence-corrected chi connectivity index (χ2v) is 6.98. The van der Waals surface area contributed by atoms with E-state index in [0.29, 0.717) is 24.8 Å². The second-order valence-electron chi connectivity index (χ2n) is 5.22. The minimum absolute atomic E-state index is 0. The molecule has 1 aromatic carbocycles. The average Bonchev–Trinajstić information content (AvgIpc) is 2.43. The fourth-order valence-corrected chi connectivity index (χ4v) is 2.53. The first-order valence-electron chi connectivity index (χ1n) is 6.75. The predicted molar refractivity (Wildman–Crippen MR) is 87.7 cm³/mol. The Morgan fingerprint density at radius 1 is 1.14 bits per heavy atom.